The molecule has 7 heteroatoms. The van der Waals surface area contributed by atoms with Crippen LogP contribution in [0.2, 0.25) is 10.0 Å². The molecule has 0 bridgehead atoms. The van der Waals surface area contributed by atoms with E-state index in [1.165, 1.54) is 0 Å². The summed E-state index contributed by atoms with van der Waals surface area (Å²) in [5.41, 5.74) is 5.21. The summed E-state index contributed by atoms with van der Waals surface area (Å²) in [5, 5.41) is 8.13. The molecule has 0 saturated carbocycles. The van der Waals surface area contributed by atoms with Crippen LogP contribution in [0.3, 0.4) is 0 Å². The van der Waals surface area contributed by atoms with E-state index in [0.29, 0.717) is 21.4 Å². The standard InChI is InChI=1S/C15H12Cl2N4S/c16-12-7-6-10(8-13(12)17)9-18-21-14(19-20-15(21)22)11-4-2-1-3-5-11/h1-8,18H,9H2,(H,20,22). The molecular formula is C15H12Cl2N4S. The highest BCUT2D eigenvalue weighted by Gasteiger charge is 2.08. The molecule has 4 nitrogen and oxygen atoms in total. The van der Waals surface area contributed by atoms with E-state index in [9.17, 15) is 0 Å². The number of hydrogen-bond acceptors (Lipinski definition) is 3. The summed E-state index contributed by atoms with van der Waals surface area (Å²) < 4.78 is 2.24. The van der Waals surface area contributed by atoms with Gasteiger partial charge >= 0.3 is 0 Å². The van der Waals surface area contributed by atoms with Gasteiger partial charge < -0.3 is 5.43 Å². The van der Waals surface area contributed by atoms with Crippen LogP contribution in [0.4, 0.5) is 0 Å². The van der Waals surface area contributed by atoms with Crippen molar-refractivity contribution in [1.29, 1.82) is 0 Å². The molecule has 112 valence electrons. The van der Waals surface area contributed by atoms with Gasteiger partial charge in [0.15, 0.2) is 5.82 Å². The number of aromatic amines is 1. The molecule has 22 heavy (non-hydrogen) atoms. The molecule has 2 aromatic carbocycles. The van der Waals surface area contributed by atoms with Gasteiger partial charge in [-0.3, -0.25) is 0 Å². The van der Waals surface area contributed by atoms with Gasteiger partial charge in [0.2, 0.25) is 4.77 Å². The lowest BCUT2D eigenvalue weighted by molar-refractivity contribution is 0.832. The normalized spacial score (nSPS) is 10.6. The number of nitrogens with one attached hydrogen (secondary N) is 2. The Labute approximate surface area is 142 Å². The highest BCUT2D eigenvalue weighted by molar-refractivity contribution is 7.71. The molecule has 0 fully saturated rings. The van der Waals surface area contributed by atoms with Crippen LogP contribution in [0.1, 0.15) is 5.56 Å². The lowest BCUT2D eigenvalue weighted by atomic mass is 10.2. The molecule has 1 heterocycles. The first-order valence-electron chi connectivity index (χ1n) is 6.56. The van der Waals surface area contributed by atoms with Gasteiger partial charge in [0.25, 0.3) is 0 Å². The van der Waals surface area contributed by atoms with E-state index in [4.69, 9.17) is 35.4 Å². The smallest absolute Gasteiger partial charge is 0.214 e. The van der Waals surface area contributed by atoms with Crippen molar-refractivity contribution in [3.05, 3.63) is 68.9 Å². The van der Waals surface area contributed by atoms with Crippen LogP contribution in [-0.2, 0) is 6.54 Å². The molecule has 0 radical (unpaired) electrons. The van der Waals surface area contributed by atoms with Gasteiger partial charge in [-0.2, -0.15) is 5.10 Å². The molecule has 0 spiro atoms. The Morgan fingerprint density at radius 2 is 1.86 bits per heavy atom. The lowest BCUT2D eigenvalue weighted by Crippen LogP contribution is -2.15. The van der Waals surface area contributed by atoms with E-state index < -0.39 is 0 Å². The number of benzene rings is 2. The fourth-order valence-electron chi connectivity index (χ4n) is 2.04. The molecule has 0 amide bonds. The predicted octanol–water partition coefficient (Wildman–Crippen LogP) is 4.66. The Hall–Kier alpha value is -1.82. The summed E-state index contributed by atoms with van der Waals surface area (Å²) in [6, 6.07) is 15.3. The van der Waals surface area contributed by atoms with Gasteiger partial charge in [-0.05, 0) is 29.9 Å². The van der Waals surface area contributed by atoms with Crippen LogP contribution < -0.4 is 5.43 Å². The average Bonchev–Trinajstić information content (AvgIpc) is 2.90. The molecule has 2 N–H and O–H groups in total. The summed E-state index contributed by atoms with van der Waals surface area (Å²) in [6.07, 6.45) is 0. The Kier molecular flexibility index (Phi) is 4.47. The highest BCUT2D eigenvalue weighted by Crippen LogP contribution is 2.23. The third-order valence-corrected chi connectivity index (χ3v) is 4.14. The first-order chi connectivity index (χ1) is 10.6. The van der Waals surface area contributed by atoms with E-state index in [-0.39, 0.29) is 0 Å². The van der Waals surface area contributed by atoms with Gasteiger partial charge in [0.05, 0.1) is 16.6 Å². The molecular weight excluding hydrogens is 339 g/mol. The fraction of sp³-hybridized carbons (Fsp3) is 0.0667. The molecule has 0 atom stereocenters. The SMILES string of the molecule is S=c1[nH]nc(-c2ccccc2)n1NCc1ccc(Cl)c(Cl)c1. The lowest BCUT2D eigenvalue weighted by Gasteiger charge is -2.10. The maximum atomic E-state index is 6.03. The Balaban J connectivity index is 1.85. The maximum absolute atomic E-state index is 6.03. The Bertz CT molecular complexity index is 842. The molecule has 3 rings (SSSR count). The first-order valence-corrected chi connectivity index (χ1v) is 7.72. The molecule has 0 unspecified atom stereocenters. The van der Waals surface area contributed by atoms with E-state index in [0.717, 1.165) is 17.0 Å². The largest absolute Gasteiger partial charge is 0.317 e. The van der Waals surface area contributed by atoms with Crippen LogP contribution in [0.15, 0.2) is 48.5 Å². The number of halogens is 2. The summed E-state index contributed by atoms with van der Waals surface area (Å²) in [6.45, 7) is 0.546. The quantitative estimate of drug-likeness (QED) is 0.672. The predicted molar refractivity (Wildman–Crippen MR) is 92.4 cm³/mol. The van der Waals surface area contributed by atoms with E-state index in [1.807, 2.05) is 42.5 Å². The first kappa shape index (κ1) is 15.1. The maximum Gasteiger partial charge on any atom is 0.214 e. The van der Waals surface area contributed by atoms with Crippen molar-refractivity contribution >= 4 is 35.4 Å². The van der Waals surface area contributed by atoms with Gasteiger partial charge in [0.1, 0.15) is 0 Å². The zero-order chi connectivity index (χ0) is 15.5. The number of rotatable bonds is 4. The summed E-state index contributed by atoms with van der Waals surface area (Å²) in [4.78, 5) is 0. The monoisotopic (exact) mass is 350 g/mol. The zero-order valence-electron chi connectivity index (χ0n) is 11.4. The zero-order valence-corrected chi connectivity index (χ0v) is 13.7. The summed E-state index contributed by atoms with van der Waals surface area (Å²) in [7, 11) is 0. The van der Waals surface area contributed by atoms with Crippen molar-refractivity contribution in [3.8, 4) is 11.4 Å². The van der Waals surface area contributed by atoms with Crippen molar-refractivity contribution in [2.45, 2.75) is 6.54 Å². The van der Waals surface area contributed by atoms with E-state index in [1.54, 1.807) is 10.7 Å². The average molecular weight is 351 g/mol. The minimum absolute atomic E-state index is 0.499. The van der Waals surface area contributed by atoms with Crippen LogP contribution in [0.25, 0.3) is 11.4 Å². The minimum atomic E-state index is 0.499. The van der Waals surface area contributed by atoms with Crippen LogP contribution in [0.5, 0.6) is 0 Å². The van der Waals surface area contributed by atoms with E-state index in [2.05, 4.69) is 15.6 Å². The van der Waals surface area contributed by atoms with Crippen LogP contribution in [0, 0.1) is 4.77 Å². The molecule has 0 aliphatic rings. The van der Waals surface area contributed by atoms with Gasteiger partial charge in [0, 0.05) is 5.56 Å². The van der Waals surface area contributed by atoms with Crippen molar-refractivity contribution in [2.75, 3.05) is 5.43 Å². The van der Waals surface area contributed by atoms with Crippen molar-refractivity contribution in [3.63, 3.8) is 0 Å². The molecule has 3 aromatic rings. The minimum Gasteiger partial charge on any atom is -0.317 e. The highest BCUT2D eigenvalue weighted by atomic mass is 35.5. The number of nitrogens with zero attached hydrogens (tertiary/aromatic N) is 2. The fourth-order valence-corrected chi connectivity index (χ4v) is 2.56. The number of H-pyrrole nitrogens is 1. The second kappa shape index (κ2) is 6.52. The van der Waals surface area contributed by atoms with Gasteiger partial charge in [-0.25, -0.2) is 9.77 Å². The van der Waals surface area contributed by atoms with Crippen LogP contribution in [-0.4, -0.2) is 14.9 Å². The topological polar surface area (TPSA) is 45.6 Å². The molecule has 0 aliphatic carbocycles. The Morgan fingerprint density at radius 1 is 1.09 bits per heavy atom. The third kappa shape index (κ3) is 3.16. The molecule has 0 saturated heterocycles. The van der Waals surface area contributed by atoms with Gasteiger partial charge in [-0.15, -0.1) is 0 Å². The van der Waals surface area contributed by atoms with Crippen LogP contribution >= 0.6 is 35.4 Å². The summed E-state index contributed by atoms with van der Waals surface area (Å²) >= 11 is 17.2. The molecule has 0 aliphatic heterocycles. The Morgan fingerprint density at radius 3 is 2.59 bits per heavy atom. The number of aromatic nitrogens is 3. The van der Waals surface area contributed by atoms with E-state index >= 15 is 0 Å². The van der Waals surface area contributed by atoms with Crippen molar-refractivity contribution in [1.82, 2.24) is 14.9 Å². The summed E-state index contributed by atoms with van der Waals surface area (Å²) in [5.74, 6) is 0.727. The third-order valence-electron chi connectivity index (χ3n) is 3.13. The second-order valence-corrected chi connectivity index (χ2v) is 5.84. The number of hydrogen-bond donors (Lipinski definition) is 2. The molecule has 1 aromatic heterocycles. The van der Waals surface area contributed by atoms with Crippen molar-refractivity contribution < 1.29 is 0 Å². The van der Waals surface area contributed by atoms with Gasteiger partial charge in [-0.1, -0.05) is 59.6 Å². The second-order valence-electron chi connectivity index (χ2n) is 4.64. The van der Waals surface area contributed by atoms with Crippen molar-refractivity contribution in [2.24, 2.45) is 0 Å².